The number of nitrogens with one attached hydrogen (secondary N) is 2. The van der Waals surface area contributed by atoms with Gasteiger partial charge in [-0.1, -0.05) is 12.1 Å². The van der Waals surface area contributed by atoms with Crippen LogP contribution in [0.2, 0.25) is 0 Å². The quantitative estimate of drug-likeness (QED) is 0.201. The second-order valence-electron chi connectivity index (χ2n) is 11.1. The van der Waals surface area contributed by atoms with Gasteiger partial charge in [0.15, 0.2) is 11.6 Å². The lowest BCUT2D eigenvalue weighted by Crippen LogP contribution is -2.43. The number of ether oxygens (including phenoxy) is 1. The number of benzene rings is 3. The van der Waals surface area contributed by atoms with E-state index in [1.54, 1.807) is 49.6 Å². The first-order chi connectivity index (χ1) is 21.1. The van der Waals surface area contributed by atoms with Gasteiger partial charge in [0.05, 0.1) is 0 Å². The Balaban J connectivity index is 1.43. The Bertz CT molecular complexity index is 1870. The summed E-state index contributed by atoms with van der Waals surface area (Å²) in [6.45, 7) is 4.44. The van der Waals surface area contributed by atoms with Crippen LogP contribution < -0.4 is 21.1 Å². The van der Waals surface area contributed by atoms with Crippen molar-refractivity contribution in [2.45, 2.75) is 6.54 Å². The minimum Gasteiger partial charge on any atom is -0.454 e. The number of hydrogen-bond acceptors (Lipinski definition) is 7. The number of aromatic nitrogens is 2. The molecule has 3 aromatic carbocycles. The molecular formula is C32H32BF2N5O4. The maximum Gasteiger partial charge on any atom is 0.488 e. The lowest BCUT2D eigenvalue weighted by Gasteiger charge is -2.31. The number of fused-ring (bicyclic) bond motifs is 1. The zero-order valence-corrected chi connectivity index (χ0v) is 24.3. The van der Waals surface area contributed by atoms with Crippen LogP contribution in [0.1, 0.15) is 5.69 Å². The SMILES string of the molecule is CN1CCN(Cc2cc3c(-c4cc(Nc5ccc(B(O)O)cc5)ccc4Oc4ccc(F)cc4F)cn(C)c(=O)c3[nH]2)CC1. The first kappa shape index (κ1) is 29.6. The number of anilines is 2. The molecule has 0 atom stereocenters. The van der Waals surface area contributed by atoms with E-state index in [9.17, 15) is 23.6 Å². The van der Waals surface area contributed by atoms with Crippen molar-refractivity contribution in [3.05, 3.63) is 101 Å². The maximum absolute atomic E-state index is 14.7. The summed E-state index contributed by atoms with van der Waals surface area (Å²) in [6, 6.07) is 17.0. The molecule has 1 aliphatic rings. The van der Waals surface area contributed by atoms with Crippen LogP contribution in [0.3, 0.4) is 0 Å². The minimum absolute atomic E-state index is 0.141. The largest absolute Gasteiger partial charge is 0.488 e. The van der Waals surface area contributed by atoms with Crippen LogP contribution in [0.25, 0.3) is 22.0 Å². The number of rotatable bonds is 8. The van der Waals surface area contributed by atoms with Gasteiger partial charge in [-0.3, -0.25) is 9.69 Å². The van der Waals surface area contributed by atoms with Crippen LogP contribution in [-0.2, 0) is 13.6 Å². The number of aromatic amines is 1. The Morgan fingerprint density at radius 1 is 0.886 bits per heavy atom. The summed E-state index contributed by atoms with van der Waals surface area (Å²) in [5.41, 5.74) is 4.15. The number of halogens is 2. The number of hydrogen-bond donors (Lipinski definition) is 4. The number of pyridine rings is 1. The molecule has 0 aliphatic carbocycles. The summed E-state index contributed by atoms with van der Waals surface area (Å²) >= 11 is 0. The van der Waals surface area contributed by atoms with Gasteiger partial charge >= 0.3 is 7.12 Å². The van der Waals surface area contributed by atoms with E-state index in [0.717, 1.165) is 44.0 Å². The first-order valence-electron chi connectivity index (χ1n) is 14.3. The molecule has 2 aromatic heterocycles. The predicted octanol–water partition coefficient (Wildman–Crippen LogP) is 3.77. The molecule has 0 unspecified atom stereocenters. The number of likely N-dealkylation sites (N-methyl/N-ethyl adjacent to an activating group) is 1. The van der Waals surface area contributed by atoms with Crippen molar-refractivity contribution in [3.8, 4) is 22.6 Å². The van der Waals surface area contributed by atoms with Crippen LogP contribution in [0.5, 0.6) is 11.5 Å². The average molecular weight is 599 g/mol. The lowest BCUT2D eigenvalue weighted by atomic mass is 9.80. The van der Waals surface area contributed by atoms with Gasteiger partial charge in [-0.25, -0.2) is 8.78 Å². The third kappa shape index (κ3) is 6.24. The second-order valence-corrected chi connectivity index (χ2v) is 11.1. The van der Waals surface area contributed by atoms with Crippen molar-refractivity contribution in [2.75, 3.05) is 38.5 Å². The van der Waals surface area contributed by atoms with Gasteiger partial charge in [-0.15, -0.1) is 0 Å². The van der Waals surface area contributed by atoms with E-state index >= 15 is 0 Å². The Kier molecular flexibility index (Phi) is 8.24. The maximum atomic E-state index is 14.7. The van der Waals surface area contributed by atoms with E-state index in [1.807, 2.05) is 12.1 Å². The fourth-order valence-corrected chi connectivity index (χ4v) is 5.43. The Labute approximate surface area is 253 Å². The van der Waals surface area contributed by atoms with Crippen molar-refractivity contribution in [1.29, 1.82) is 0 Å². The van der Waals surface area contributed by atoms with Gasteiger partial charge in [0, 0.05) is 85.6 Å². The lowest BCUT2D eigenvalue weighted by molar-refractivity contribution is 0.147. The first-order valence-corrected chi connectivity index (χ1v) is 14.3. The number of piperazine rings is 1. The van der Waals surface area contributed by atoms with Crippen molar-refractivity contribution in [2.24, 2.45) is 7.05 Å². The summed E-state index contributed by atoms with van der Waals surface area (Å²) in [7, 11) is 2.20. The molecule has 3 heterocycles. The topological polar surface area (TPSA) is 106 Å². The summed E-state index contributed by atoms with van der Waals surface area (Å²) in [5, 5.41) is 22.8. The Morgan fingerprint density at radius 2 is 1.59 bits per heavy atom. The summed E-state index contributed by atoms with van der Waals surface area (Å²) in [4.78, 5) is 21.2. The molecule has 1 fully saturated rings. The molecular weight excluding hydrogens is 567 g/mol. The van der Waals surface area contributed by atoms with E-state index in [0.29, 0.717) is 51.2 Å². The number of aryl methyl sites for hydroxylation is 1. The van der Waals surface area contributed by atoms with Gasteiger partial charge < -0.3 is 34.6 Å². The van der Waals surface area contributed by atoms with E-state index in [4.69, 9.17) is 4.74 Å². The van der Waals surface area contributed by atoms with Crippen LogP contribution >= 0.6 is 0 Å². The second kappa shape index (κ2) is 12.3. The zero-order valence-electron chi connectivity index (χ0n) is 24.3. The van der Waals surface area contributed by atoms with Crippen LogP contribution in [0, 0.1) is 11.6 Å². The molecule has 12 heteroatoms. The van der Waals surface area contributed by atoms with Crippen molar-refractivity contribution in [1.82, 2.24) is 19.4 Å². The minimum atomic E-state index is -1.58. The smallest absolute Gasteiger partial charge is 0.454 e. The summed E-state index contributed by atoms with van der Waals surface area (Å²) < 4.78 is 35.8. The van der Waals surface area contributed by atoms with E-state index < -0.39 is 18.8 Å². The zero-order chi connectivity index (χ0) is 31.0. The molecule has 1 saturated heterocycles. The third-order valence-electron chi connectivity index (χ3n) is 7.89. The third-order valence-corrected chi connectivity index (χ3v) is 7.89. The molecule has 0 saturated carbocycles. The van der Waals surface area contributed by atoms with Gasteiger partial charge in [0.2, 0.25) is 0 Å². The van der Waals surface area contributed by atoms with E-state index in [1.165, 1.54) is 10.6 Å². The Morgan fingerprint density at radius 3 is 2.30 bits per heavy atom. The highest BCUT2D eigenvalue weighted by Crippen LogP contribution is 2.40. The molecule has 9 nitrogen and oxygen atoms in total. The van der Waals surface area contributed by atoms with Gasteiger partial charge in [-0.2, -0.15) is 0 Å². The predicted molar refractivity (Wildman–Crippen MR) is 168 cm³/mol. The number of H-pyrrole nitrogens is 1. The molecule has 5 aromatic rings. The molecule has 0 bridgehead atoms. The molecule has 0 spiro atoms. The highest BCUT2D eigenvalue weighted by Gasteiger charge is 2.20. The summed E-state index contributed by atoms with van der Waals surface area (Å²) in [5.74, 6) is -1.39. The normalized spacial score (nSPS) is 14.2. The molecule has 6 rings (SSSR count). The highest BCUT2D eigenvalue weighted by molar-refractivity contribution is 6.58. The molecule has 44 heavy (non-hydrogen) atoms. The fraction of sp³-hybridized carbons (Fsp3) is 0.219. The van der Waals surface area contributed by atoms with Crippen molar-refractivity contribution >= 4 is 34.9 Å². The van der Waals surface area contributed by atoms with Crippen LogP contribution in [0.4, 0.5) is 20.2 Å². The summed E-state index contributed by atoms with van der Waals surface area (Å²) in [6.07, 6.45) is 1.72. The van der Waals surface area contributed by atoms with Gasteiger partial charge in [-0.05, 0) is 61.0 Å². The molecule has 4 N–H and O–H groups in total. The van der Waals surface area contributed by atoms with E-state index in [2.05, 4.69) is 27.1 Å². The Hall–Kier alpha value is -4.49. The van der Waals surface area contributed by atoms with Crippen molar-refractivity contribution < 1.29 is 23.6 Å². The standard InChI is InChI=1S/C32H32BF2N5O4/c1-38-11-13-40(14-12-38)18-24-17-26-27(19-39(2)32(41)31(26)37-24)25-16-23(36-22-6-3-20(4-7-22)33(42)43)8-10-29(25)44-30-9-5-21(34)15-28(30)35/h3-10,15-17,19,36-37,42-43H,11-14,18H2,1-2H3. The van der Waals surface area contributed by atoms with Crippen LogP contribution in [0.15, 0.2) is 77.7 Å². The van der Waals surface area contributed by atoms with Gasteiger partial charge in [0.25, 0.3) is 5.56 Å². The highest BCUT2D eigenvalue weighted by atomic mass is 19.1. The molecule has 0 amide bonds. The van der Waals surface area contributed by atoms with E-state index in [-0.39, 0.29) is 11.3 Å². The number of nitrogens with zero attached hydrogens (tertiary/aromatic N) is 3. The average Bonchev–Trinajstić information content (AvgIpc) is 3.42. The monoisotopic (exact) mass is 599 g/mol. The van der Waals surface area contributed by atoms with Crippen molar-refractivity contribution in [3.63, 3.8) is 0 Å². The molecule has 1 aliphatic heterocycles. The molecule has 0 radical (unpaired) electrons. The van der Waals surface area contributed by atoms with Gasteiger partial charge in [0.1, 0.15) is 17.1 Å². The fourth-order valence-electron chi connectivity index (χ4n) is 5.43. The van der Waals surface area contributed by atoms with Crippen LogP contribution in [-0.4, -0.2) is 69.7 Å². The molecule has 226 valence electrons.